The molecule has 0 saturated carbocycles. The van der Waals surface area contributed by atoms with E-state index in [1.165, 1.54) is 38.5 Å². The maximum atomic E-state index is 13.0. The largest absolute Gasteiger partial charge is 0.472 e. The van der Waals surface area contributed by atoms with E-state index < -0.39 is 91.5 Å². The topological polar surface area (TPSA) is 231 Å². The van der Waals surface area contributed by atoms with Gasteiger partial charge in [0, 0.05) is 19.3 Å². The van der Waals surface area contributed by atoms with Crippen LogP contribution in [0.2, 0.25) is 0 Å². The lowest BCUT2D eigenvalue weighted by molar-refractivity contribution is -0.161. The van der Waals surface area contributed by atoms with E-state index in [-0.39, 0.29) is 19.3 Å². The first kappa shape index (κ1) is 99.7. The summed E-state index contributed by atoms with van der Waals surface area (Å²) in [5, 5.41) is 20.7. The molecule has 0 bridgehead atoms. The van der Waals surface area contributed by atoms with Crippen molar-refractivity contribution >= 4 is 33.6 Å². The number of ether oxygens (including phenoxy) is 3. The van der Waals surface area contributed by atoms with Crippen LogP contribution in [0.4, 0.5) is 0 Å². The highest BCUT2D eigenvalue weighted by Gasteiger charge is 2.29. The molecule has 0 aromatic carbocycles. The molecule has 5 atom stereocenters. The lowest BCUT2D eigenvalue weighted by Crippen LogP contribution is -2.30. The zero-order valence-corrected chi connectivity index (χ0v) is 66.9. The van der Waals surface area contributed by atoms with Crippen molar-refractivity contribution in [3.63, 3.8) is 0 Å². The first-order chi connectivity index (χ1) is 51.2. The molecule has 0 rings (SSSR count). The van der Waals surface area contributed by atoms with Gasteiger partial charge in [0.05, 0.1) is 26.4 Å². The van der Waals surface area contributed by atoms with Crippen LogP contribution >= 0.6 is 15.6 Å². The number of aliphatic hydroxyl groups is 2. The number of aliphatic hydroxyl groups excluding tert-OH is 2. The normalized spacial score (nSPS) is 14.9. The van der Waals surface area contributed by atoms with Crippen LogP contribution in [0, 0.1) is 0 Å². The number of unbranched alkanes of at least 4 members (excludes halogenated alkanes) is 21. The maximum Gasteiger partial charge on any atom is 0.472 e. The van der Waals surface area contributed by atoms with Gasteiger partial charge in [-0.2, -0.15) is 0 Å². The van der Waals surface area contributed by atoms with E-state index in [1.807, 2.05) is 0 Å². The van der Waals surface area contributed by atoms with Gasteiger partial charge in [-0.05, 0) is 154 Å². The molecule has 0 aromatic rings. The van der Waals surface area contributed by atoms with Gasteiger partial charge in [0.25, 0.3) is 0 Å². The predicted molar refractivity (Wildman–Crippen MR) is 435 cm³/mol. The van der Waals surface area contributed by atoms with Crippen LogP contribution < -0.4 is 0 Å². The molecular formula is C87H142O16P2. The Hall–Kier alpha value is -5.35. The van der Waals surface area contributed by atoms with Crippen LogP contribution in [0.15, 0.2) is 182 Å². The first-order valence-electron chi connectivity index (χ1n) is 40.1. The molecule has 0 radical (unpaired) electrons. The van der Waals surface area contributed by atoms with Crippen molar-refractivity contribution in [3.05, 3.63) is 182 Å². The molecule has 4 N–H and O–H groups in total. The average Bonchev–Trinajstić information content (AvgIpc) is 0.921. The zero-order valence-electron chi connectivity index (χ0n) is 65.1. The van der Waals surface area contributed by atoms with Crippen molar-refractivity contribution in [2.75, 3.05) is 39.6 Å². The third kappa shape index (κ3) is 79.5. The molecule has 0 heterocycles. The lowest BCUT2D eigenvalue weighted by atomic mass is 10.0. The number of rotatable bonds is 74. The fourth-order valence-electron chi connectivity index (χ4n) is 10.1. The highest BCUT2D eigenvalue weighted by molar-refractivity contribution is 7.47. The molecule has 0 fully saturated rings. The van der Waals surface area contributed by atoms with Crippen molar-refractivity contribution < 1.29 is 75.8 Å². The monoisotopic (exact) mass is 1500 g/mol. The van der Waals surface area contributed by atoms with E-state index in [2.05, 4.69) is 203 Å². The van der Waals surface area contributed by atoms with Gasteiger partial charge in [-0.3, -0.25) is 32.5 Å². The van der Waals surface area contributed by atoms with Gasteiger partial charge in [0.2, 0.25) is 0 Å². The molecule has 0 aliphatic carbocycles. The third-order valence-electron chi connectivity index (χ3n) is 16.1. The van der Waals surface area contributed by atoms with Crippen LogP contribution in [-0.2, 0) is 55.8 Å². The van der Waals surface area contributed by atoms with Crippen molar-refractivity contribution in [2.24, 2.45) is 0 Å². The highest BCUT2D eigenvalue weighted by Crippen LogP contribution is 2.45. The number of hydrogen-bond acceptors (Lipinski definition) is 14. The van der Waals surface area contributed by atoms with Gasteiger partial charge in [-0.1, -0.05) is 299 Å². The van der Waals surface area contributed by atoms with E-state index >= 15 is 0 Å². The molecule has 0 aromatic heterocycles. The minimum absolute atomic E-state index is 0.0751. The second-order valence-corrected chi connectivity index (χ2v) is 29.0. The predicted octanol–water partition coefficient (Wildman–Crippen LogP) is 23.8. The van der Waals surface area contributed by atoms with Gasteiger partial charge >= 0.3 is 33.6 Å². The summed E-state index contributed by atoms with van der Waals surface area (Å²) in [5.74, 6) is -1.63. The molecule has 16 nitrogen and oxygen atoms in total. The van der Waals surface area contributed by atoms with E-state index in [0.29, 0.717) is 19.3 Å². The molecule has 5 unspecified atom stereocenters. The van der Waals surface area contributed by atoms with Crippen molar-refractivity contribution in [1.29, 1.82) is 0 Å². The minimum Gasteiger partial charge on any atom is -0.463 e. The summed E-state index contributed by atoms with van der Waals surface area (Å²) in [6.07, 6.45) is 101. The smallest absolute Gasteiger partial charge is 0.463 e. The van der Waals surface area contributed by atoms with Gasteiger partial charge in [0.15, 0.2) is 6.10 Å². The molecule has 0 amide bonds. The highest BCUT2D eigenvalue weighted by atomic mass is 31.2. The summed E-state index contributed by atoms with van der Waals surface area (Å²) < 4.78 is 61.2. The Bertz CT molecular complexity index is 2640. The summed E-state index contributed by atoms with van der Waals surface area (Å²) >= 11 is 0. The van der Waals surface area contributed by atoms with Gasteiger partial charge in [-0.25, -0.2) is 9.13 Å². The molecular weight excluding hydrogens is 1360 g/mol. The summed E-state index contributed by atoms with van der Waals surface area (Å²) in [7, 11) is -9.82. The Balaban J connectivity index is 4.68. The number of phosphoric ester groups is 2. The molecule has 0 aliphatic rings. The van der Waals surface area contributed by atoms with Gasteiger partial charge in [-0.15, -0.1) is 0 Å². The number of allylic oxidation sites excluding steroid dienone is 30. The zero-order chi connectivity index (χ0) is 76.6. The first-order valence-corrected chi connectivity index (χ1v) is 43.1. The number of carbonyl (C=O) groups is 3. The van der Waals surface area contributed by atoms with Crippen LogP contribution in [0.1, 0.15) is 290 Å². The second kappa shape index (κ2) is 78.2. The molecule has 596 valence electrons. The van der Waals surface area contributed by atoms with Crippen LogP contribution in [-0.4, -0.2) is 95.9 Å². The molecule has 0 spiro atoms. The number of carbonyl (C=O) groups excluding carboxylic acids is 3. The minimum atomic E-state index is -4.95. The Kier molecular flexibility index (Phi) is 74.3. The fourth-order valence-corrected chi connectivity index (χ4v) is 11.7. The Morgan fingerprint density at radius 3 is 0.752 bits per heavy atom. The standard InChI is InChI=1S/C87H142O16P2/c1-4-7-10-13-16-19-22-25-28-31-34-36-38-39-40-41-43-45-47-49-52-55-58-61-64-67-70-73-85(90)97-76-82(88)77-99-104(93,94)100-78-83(89)79-101-105(95,96)102-81-84(103-87(92)75-72-69-66-63-60-57-54-51-46-33-30-27-24-21-18-15-12-9-6-3)80-98-86(91)74-71-68-65-62-59-56-53-50-48-44-42-37-35-32-29-26-23-20-17-14-11-8-5-2/h7-12,16-21,25-30,34-37,39-40,44,46,48,51,53,56,82-84,88-89H,4-6,13-15,22-24,31-33,38,41-43,45,47,49-50,52,54-55,57-81H2,1-3H3,(H,93,94)(H,95,96)/b10-7-,11-8-,12-9-,19-16-,20-17-,21-18-,28-25-,29-26-,30-27-,36-34-,37-35-,40-39-,48-44-,51-46-,56-53-. The van der Waals surface area contributed by atoms with Gasteiger partial charge in [0.1, 0.15) is 25.4 Å². The quantitative estimate of drug-likeness (QED) is 0.0146. The summed E-state index contributed by atoms with van der Waals surface area (Å²) in [6.45, 7) is 2.28. The van der Waals surface area contributed by atoms with Crippen molar-refractivity contribution in [1.82, 2.24) is 0 Å². The van der Waals surface area contributed by atoms with Gasteiger partial charge < -0.3 is 34.2 Å². The van der Waals surface area contributed by atoms with Crippen molar-refractivity contribution in [2.45, 2.75) is 309 Å². The van der Waals surface area contributed by atoms with E-state index in [0.717, 1.165) is 193 Å². The van der Waals surface area contributed by atoms with E-state index in [1.54, 1.807) is 0 Å². The SMILES string of the molecule is CC/C=C\C/C=C\C/C=C\C/C=C\C/C=C\C/C=C\CCCCCCC(=O)OCC(COP(=O)(O)OCC(O)COP(=O)(O)OCC(O)COC(=O)CCCCCCCCCCCCC/C=C\C/C=C\C/C=C\C/C=C\C/C=C\CC)OC(=O)CCCCCCCC/C=C\C/C=C\C/C=C\C/C=C\CC. The van der Waals surface area contributed by atoms with Crippen LogP contribution in [0.5, 0.6) is 0 Å². The Morgan fingerprint density at radius 2 is 0.476 bits per heavy atom. The van der Waals surface area contributed by atoms with E-state index in [4.69, 9.17) is 32.3 Å². The number of hydrogen-bond donors (Lipinski definition) is 4. The molecule has 105 heavy (non-hydrogen) atoms. The second-order valence-electron chi connectivity index (χ2n) is 26.1. The van der Waals surface area contributed by atoms with Crippen LogP contribution in [0.3, 0.4) is 0 Å². The Labute approximate surface area is 636 Å². The fraction of sp³-hybridized carbons (Fsp3) is 0.621. The molecule has 18 heteroatoms. The molecule has 0 aliphatic heterocycles. The number of phosphoric acid groups is 2. The number of esters is 3. The maximum absolute atomic E-state index is 13.0. The molecule has 0 saturated heterocycles. The summed E-state index contributed by atoms with van der Waals surface area (Å²) in [6, 6.07) is 0. The summed E-state index contributed by atoms with van der Waals surface area (Å²) in [4.78, 5) is 58.7. The van der Waals surface area contributed by atoms with E-state index in [9.17, 15) is 43.5 Å². The lowest BCUT2D eigenvalue weighted by Gasteiger charge is -2.21. The summed E-state index contributed by atoms with van der Waals surface area (Å²) in [5.41, 5.74) is 0. The average molecular weight is 1510 g/mol. The third-order valence-corrected chi connectivity index (χ3v) is 18.0. The Morgan fingerprint density at radius 1 is 0.267 bits per heavy atom. The van der Waals surface area contributed by atoms with Crippen molar-refractivity contribution in [3.8, 4) is 0 Å². The van der Waals surface area contributed by atoms with Crippen LogP contribution in [0.25, 0.3) is 0 Å².